The van der Waals surface area contributed by atoms with Crippen LogP contribution in [0.5, 0.6) is 0 Å². The van der Waals surface area contributed by atoms with Crippen LogP contribution in [0.3, 0.4) is 0 Å². The number of fused-ring (bicyclic) bond motifs is 1. The molecule has 0 saturated carbocycles. The summed E-state index contributed by atoms with van der Waals surface area (Å²) in [5, 5.41) is 5.84. The summed E-state index contributed by atoms with van der Waals surface area (Å²) in [5.41, 5.74) is 0. The first-order valence-corrected chi connectivity index (χ1v) is 8.09. The number of rotatable bonds is 3. The van der Waals surface area contributed by atoms with Crippen LogP contribution in [-0.2, 0) is 14.4 Å². The van der Waals surface area contributed by atoms with Crippen LogP contribution in [0.2, 0.25) is 5.02 Å². The second-order valence-electron chi connectivity index (χ2n) is 5.88. The minimum absolute atomic E-state index is 0.104. The van der Waals surface area contributed by atoms with Crippen molar-refractivity contribution in [1.82, 2.24) is 20.1 Å². The van der Waals surface area contributed by atoms with Crippen LogP contribution in [0, 0.1) is 0 Å². The van der Waals surface area contributed by atoms with Gasteiger partial charge in [0.05, 0.1) is 17.1 Å². The Morgan fingerprint density at radius 2 is 2.21 bits per heavy atom. The molecular weight excluding hydrogens is 334 g/mol. The number of carbonyl (C=O) groups excluding carboxylic acids is 3. The monoisotopic (exact) mass is 351 g/mol. The van der Waals surface area contributed by atoms with Crippen LogP contribution in [0.4, 0.5) is 5.82 Å². The highest BCUT2D eigenvalue weighted by Gasteiger charge is 2.39. The molecule has 1 aromatic rings. The van der Waals surface area contributed by atoms with Crippen molar-refractivity contribution in [3.63, 3.8) is 0 Å². The van der Waals surface area contributed by atoms with Crippen molar-refractivity contribution < 1.29 is 14.4 Å². The van der Waals surface area contributed by atoms with Crippen LogP contribution in [-0.4, -0.2) is 70.8 Å². The number of halogens is 1. The van der Waals surface area contributed by atoms with Crippen molar-refractivity contribution in [3.05, 3.63) is 23.4 Å². The predicted octanol–water partition coefficient (Wildman–Crippen LogP) is -0.295. The summed E-state index contributed by atoms with van der Waals surface area (Å²) in [4.78, 5) is 43.3. The molecule has 0 bridgehead atoms. The van der Waals surface area contributed by atoms with Gasteiger partial charge in [0.2, 0.25) is 5.91 Å². The lowest BCUT2D eigenvalue weighted by Gasteiger charge is -2.44. The first-order chi connectivity index (χ1) is 11.5. The maximum atomic E-state index is 12.4. The highest BCUT2D eigenvalue weighted by molar-refractivity contribution is 6.35. The molecule has 0 aliphatic carbocycles. The molecule has 1 aromatic heterocycles. The number of carbonyl (C=O) groups is 3. The second-order valence-corrected chi connectivity index (χ2v) is 6.32. The number of pyridine rings is 1. The molecule has 0 aromatic carbocycles. The lowest BCUT2D eigenvalue weighted by Crippen LogP contribution is -2.66. The number of hydrogen-bond acceptors (Lipinski definition) is 5. The van der Waals surface area contributed by atoms with Crippen molar-refractivity contribution >= 4 is 35.1 Å². The third-order valence-electron chi connectivity index (χ3n) is 4.37. The number of anilines is 1. The first-order valence-electron chi connectivity index (χ1n) is 7.71. The average molecular weight is 352 g/mol. The summed E-state index contributed by atoms with van der Waals surface area (Å²) in [5.74, 6) is -0.785. The third kappa shape index (κ3) is 3.34. The topological polar surface area (TPSA) is 94.6 Å². The van der Waals surface area contributed by atoms with Gasteiger partial charge in [-0.05, 0) is 19.1 Å². The summed E-state index contributed by atoms with van der Waals surface area (Å²) in [7, 11) is 0. The molecule has 3 rings (SSSR count). The molecule has 0 unspecified atom stereocenters. The minimum atomic E-state index is -0.556. The minimum Gasteiger partial charge on any atom is -0.346 e. The van der Waals surface area contributed by atoms with Gasteiger partial charge in [0.25, 0.3) is 0 Å². The van der Waals surface area contributed by atoms with Gasteiger partial charge in [-0.25, -0.2) is 4.98 Å². The Balaban J connectivity index is 1.60. The fraction of sp³-hybridized carbons (Fsp3) is 0.467. The van der Waals surface area contributed by atoms with E-state index in [0.717, 1.165) is 0 Å². The fourth-order valence-electron chi connectivity index (χ4n) is 2.94. The number of amides is 3. The molecule has 128 valence electrons. The average Bonchev–Trinajstić information content (AvgIpc) is 2.59. The molecular formula is C15H18ClN5O3. The Morgan fingerprint density at radius 1 is 1.42 bits per heavy atom. The summed E-state index contributed by atoms with van der Waals surface area (Å²) < 4.78 is 0. The Hall–Kier alpha value is -2.19. The van der Waals surface area contributed by atoms with Crippen LogP contribution in [0.25, 0.3) is 0 Å². The number of piperazine rings is 2. The SMILES string of the molecule is C[C@@H](C(=O)Nc1ccc(Cl)cn1)N1CCN2C(=O)C(=O)NC[C@@H]2C1. The zero-order valence-corrected chi connectivity index (χ0v) is 13.9. The smallest absolute Gasteiger partial charge is 0.312 e. The third-order valence-corrected chi connectivity index (χ3v) is 4.60. The normalized spacial score (nSPS) is 22.6. The van der Waals surface area contributed by atoms with Crippen LogP contribution < -0.4 is 10.6 Å². The largest absolute Gasteiger partial charge is 0.346 e. The molecule has 3 heterocycles. The Kier molecular flexibility index (Phi) is 4.68. The van der Waals surface area contributed by atoms with Gasteiger partial charge in [-0.2, -0.15) is 0 Å². The van der Waals surface area contributed by atoms with E-state index in [2.05, 4.69) is 15.6 Å². The van der Waals surface area contributed by atoms with Gasteiger partial charge in [-0.1, -0.05) is 11.6 Å². The van der Waals surface area contributed by atoms with Crippen LogP contribution >= 0.6 is 11.6 Å². The standard InChI is InChI=1S/C15H18ClN5O3/c1-9(13(22)19-12-3-2-10(16)6-17-12)20-4-5-21-11(8-20)7-18-14(23)15(21)24/h2-3,6,9,11H,4-5,7-8H2,1H3,(H,18,23)(H,17,19,22)/t9-,11+/m0/s1. The Labute approximate surface area is 144 Å². The highest BCUT2D eigenvalue weighted by atomic mass is 35.5. The summed E-state index contributed by atoms with van der Waals surface area (Å²) >= 11 is 5.77. The van der Waals surface area contributed by atoms with E-state index in [9.17, 15) is 14.4 Å². The molecule has 2 atom stereocenters. The van der Waals surface area contributed by atoms with Crippen molar-refractivity contribution in [2.24, 2.45) is 0 Å². The van der Waals surface area contributed by atoms with Gasteiger partial charge < -0.3 is 15.5 Å². The summed E-state index contributed by atoms with van der Waals surface area (Å²) in [6.45, 7) is 3.73. The van der Waals surface area contributed by atoms with E-state index in [0.29, 0.717) is 37.0 Å². The number of nitrogens with one attached hydrogen (secondary N) is 2. The Morgan fingerprint density at radius 3 is 2.92 bits per heavy atom. The zero-order chi connectivity index (χ0) is 17.3. The van der Waals surface area contributed by atoms with Gasteiger partial charge in [0, 0.05) is 32.4 Å². The fourth-order valence-corrected chi connectivity index (χ4v) is 3.05. The van der Waals surface area contributed by atoms with E-state index in [1.807, 2.05) is 11.8 Å². The number of aromatic nitrogens is 1. The van der Waals surface area contributed by atoms with Crippen molar-refractivity contribution in [3.8, 4) is 0 Å². The van der Waals surface area contributed by atoms with E-state index in [1.165, 1.54) is 6.20 Å². The van der Waals surface area contributed by atoms with E-state index in [-0.39, 0.29) is 18.0 Å². The molecule has 0 radical (unpaired) electrons. The van der Waals surface area contributed by atoms with Crippen molar-refractivity contribution in [2.75, 3.05) is 31.5 Å². The highest BCUT2D eigenvalue weighted by Crippen LogP contribution is 2.16. The lowest BCUT2D eigenvalue weighted by atomic mass is 10.1. The molecule has 2 saturated heterocycles. The maximum Gasteiger partial charge on any atom is 0.312 e. The molecule has 9 heteroatoms. The predicted molar refractivity (Wildman–Crippen MR) is 87.4 cm³/mol. The van der Waals surface area contributed by atoms with Gasteiger partial charge in [0.1, 0.15) is 5.82 Å². The second kappa shape index (κ2) is 6.74. The van der Waals surface area contributed by atoms with E-state index < -0.39 is 11.8 Å². The molecule has 24 heavy (non-hydrogen) atoms. The van der Waals surface area contributed by atoms with Gasteiger partial charge in [-0.15, -0.1) is 0 Å². The lowest BCUT2D eigenvalue weighted by molar-refractivity contribution is -0.153. The van der Waals surface area contributed by atoms with Crippen molar-refractivity contribution in [2.45, 2.75) is 19.0 Å². The molecule has 2 fully saturated rings. The molecule has 2 aliphatic heterocycles. The van der Waals surface area contributed by atoms with Gasteiger partial charge >= 0.3 is 11.8 Å². The molecule has 8 nitrogen and oxygen atoms in total. The van der Waals surface area contributed by atoms with E-state index >= 15 is 0 Å². The molecule has 0 spiro atoms. The zero-order valence-electron chi connectivity index (χ0n) is 13.2. The first kappa shape index (κ1) is 16.7. The van der Waals surface area contributed by atoms with Gasteiger partial charge in [0.15, 0.2) is 0 Å². The van der Waals surface area contributed by atoms with E-state index in [4.69, 9.17) is 11.6 Å². The van der Waals surface area contributed by atoms with Gasteiger partial charge in [-0.3, -0.25) is 19.3 Å². The number of hydrogen-bond donors (Lipinski definition) is 2. The van der Waals surface area contributed by atoms with Crippen molar-refractivity contribution in [1.29, 1.82) is 0 Å². The molecule has 3 amide bonds. The Bertz CT molecular complexity index is 666. The molecule has 2 N–H and O–H groups in total. The molecule has 2 aliphatic rings. The number of nitrogens with zero attached hydrogens (tertiary/aromatic N) is 3. The van der Waals surface area contributed by atoms with Crippen LogP contribution in [0.15, 0.2) is 18.3 Å². The van der Waals surface area contributed by atoms with E-state index in [1.54, 1.807) is 17.0 Å². The maximum absolute atomic E-state index is 12.4. The summed E-state index contributed by atoms with van der Waals surface area (Å²) in [6.07, 6.45) is 1.47. The summed E-state index contributed by atoms with van der Waals surface area (Å²) in [6, 6.07) is 2.81. The quantitative estimate of drug-likeness (QED) is 0.729. The van der Waals surface area contributed by atoms with Crippen LogP contribution in [0.1, 0.15) is 6.92 Å².